The minimum absolute atomic E-state index is 0.136. The van der Waals surface area contributed by atoms with Crippen molar-refractivity contribution in [3.8, 4) is 0 Å². The molecule has 0 radical (unpaired) electrons. The first-order valence-corrected chi connectivity index (χ1v) is 5.11. The smallest absolute Gasteiger partial charge is 0.254 e. The van der Waals surface area contributed by atoms with Crippen molar-refractivity contribution in [2.45, 2.75) is 20.4 Å². The summed E-state index contributed by atoms with van der Waals surface area (Å²) in [6.45, 7) is 9.23. The van der Waals surface area contributed by atoms with Crippen molar-refractivity contribution in [2.75, 3.05) is 6.54 Å². The van der Waals surface area contributed by atoms with E-state index >= 15 is 0 Å². The Morgan fingerprint density at radius 2 is 2.27 bits per heavy atom. The molecule has 0 N–H and O–H groups in total. The zero-order valence-corrected chi connectivity index (χ0v) is 9.21. The third-order valence-electron chi connectivity index (χ3n) is 2.74. The van der Waals surface area contributed by atoms with Crippen molar-refractivity contribution in [1.29, 1.82) is 0 Å². The van der Waals surface area contributed by atoms with Gasteiger partial charge in [0.25, 0.3) is 5.91 Å². The molecule has 1 heterocycles. The SMILES string of the molecule is C=C(C)CN1Cc2c(C)cccc2C1=O. The number of benzene rings is 1. The highest BCUT2D eigenvalue weighted by Gasteiger charge is 2.27. The molecule has 0 saturated heterocycles. The lowest BCUT2D eigenvalue weighted by Gasteiger charge is -2.15. The molecule has 1 aromatic carbocycles. The van der Waals surface area contributed by atoms with Gasteiger partial charge in [0.05, 0.1) is 0 Å². The minimum atomic E-state index is 0.136. The van der Waals surface area contributed by atoms with Crippen LogP contribution in [0.15, 0.2) is 30.4 Å². The van der Waals surface area contributed by atoms with Crippen LogP contribution in [-0.2, 0) is 6.54 Å². The van der Waals surface area contributed by atoms with Gasteiger partial charge in [0, 0.05) is 18.7 Å². The Morgan fingerprint density at radius 3 is 2.87 bits per heavy atom. The number of hydrogen-bond donors (Lipinski definition) is 0. The van der Waals surface area contributed by atoms with Gasteiger partial charge < -0.3 is 4.90 Å². The van der Waals surface area contributed by atoms with E-state index in [1.165, 1.54) is 11.1 Å². The zero-order chi connectivity index (χ0) is 11.0. The second-order valence-electron chi connectivity index (χ2n) is 4.22. The Labute approximate surface area is 90.2 Å². The van der Waals surface area contributed by atoms with Crippen molar-refractivity contribution < 1.29 is 4.79 Å². The van der Waals surface area contributed by atoms with Crippen LogP contribution in [0.1, 0.15) is 28.4 Å². The summed E-state index contributed by atoms with van der Waals surface area (Å²) in [7, 11) is 0. The Morgan fingerprint density at radius 1 is 1.53 bits per heavy atom. The fourth-order valence-corrected chi connectivity index (χ4v) is 2.00. The second-order valence-corrected chi connectivity index (χ2v) is 4.22. The Kier molecular flexibility index (Phi) is 2.35. The molecule has 0 atom stereocenters. The molecule has 1 amide bonds. The van der Waals surface area contributed by atoms with Crippen molar-refractivity contribution >= 4 is 5.91 Å². The number of fused-ring (bicyclic) bond motifs is 1. The molecular weight excluding hydrogens is 186 g/mol. The van der Waals surface area contributed by atoms with E-state index < -0.39 is 0 Å². The molecule has 15 heavy (non-hydrogen) atoms. The van der Waals surface area contributed by atoms with Crippen LogP contribution < -0.4 is 0 Å². The molecule has 0 spiro atoms. The third-order valence-corrected chi connectivity index (χ3v) is 2.74. The van der Waals surface area contributed by atoms with Crippen molar-refractivity contribution in [3.05, 3.63) is 47.0 Å². The monoisotopic (exact) mass is 201 g/mol. The predicted octanol–water partition coefficient (Wildman–Crippen LogP) is 2.53. The predicted molar refractivity (Wildman–Crippen MR) is 60.7 cm³/mol. The van der Waals surface area contributed by atoms with Gasteiger partial charge in [-0.1, -0.05) is 24.3 Å². The van der Waals surface area contributed by atoms with Gasteiger partial charge in [0.15, 0.2) is 0 Å². The number of nitrogens with zero attached hydrogens (tertiary/aromatic N) is 1. The van der Waals surface area contributed by atoms with E-state index in [1.807, 2.05) is 24.0 Å². The Balaban J connectivity index is 2.33. The topological polar surface area (TPSA) is 20.3 Å². The van der Waals surface area contributed by atoms with E-state index in [2.05, 4.69) is 19.6 Å². The number of rotatable bonds is 2. The van der Waals surface area contributed by atoms with E-state index in [4.69, 9.17) is 0 Å². The lowest BCUT2D eigenvalue weighted by molar-refractivity contribution is 0.0792. The van der Waals surface area contributed by atoms with Gasteiger partial charge in [-0.2, -0.15) is 0 Å². The number of carbonyl (C=O) groups is 1. The molecule has 78 valence electrons. The van der Waals surface area contributed by atoms with Crippen LogP contribution in [0, 0.1) is 6.92 Å². The summed E-state index contributed by atoms with van der Waals surface area (Å²) in [4.78, 5) is 13.8. The molecule has 0 bridgehead atoms. The first-order chi connectivity index (χ1) is 7.09. The number of aryl methyl sites for hydroxylation is 1. The maximum atomic E-state index is 12.0. The average Bonchev–Trinajstić information content (AvgIpc) is 2.46. The molecule has 0 unspecified atom stereocenters. The van der Waals surface area contributed by atoms with Gasteiger partial charge >= 0.3 is 0 Å². The first-order valence-electron chi connectivity index (χ1n) is 5.11. The molecule has 0 fully saturated rings. The van der Waals surface area contributed by atoms with Gasteiger partial charge in [-0.15, -0.1) is 0 Å². The molecule has 2 heteroatoms. The van der Waals surface area contributed by atoms with Crippen molar-refractivity contribution in [3.63, 3.8) is 0 Å². The van der Waals surface area contributed by atoms with E-state index in [9.17, 15) is 4.79 Å². The first kappa shape index (κ1) is 9.97. The number of hydrogen-bond acceptors (Lipinski definition) is 1. The molecule has 0 aliphatic carbocycles. The van der Waals surface area contributed by atoms with Crippen LogP contribution in [0.3, 0.4) is 0 Å². The standard InChI is InChI=1S/C13H15NO/c1-9(2)7-14-8-12-10(3)5-4-6-11(12)13(14)15/h4-6H,1,7-8H2,2-3H3. The summed E-state index contributed by atoms with van der Waals surface area (Å²) in [5.41, 5.74) is 4.25. The summed E-state index contributed by atoms with van der Waals surface area (Å²) in [5.74, 6) is 0.136. The van der Waals surface area contributed by atoms with Crippen LogP contribution in [0.2, 0.25) is 0 Å². The summed E-state index contributed by atoms with van der Waals surface area (Å²) in [6, 6.07) is 5.90. The largest absolute Gasteiger partial charge is 0.330 e. The van der Waals surface area contributed by atoms with Crippen molar-refractivity contribution in [2.24, 2.45) is 0 Å². The van der Waals surface area contributed by atoms with Gasteiger partial charge in [0.1, 0.15) is 0 Å². The van der Waals surface area contributed by atoms with E-state index in [0.717, 1.165) is 17.7 Å². The number of carbonyl (C=O) groups excluding carboxylic acids is 1. The summed E-state index contributed by atoms with van der Waals surface area (Å²) in [6.07, 6.45) is 0. The van der Waals surface area contributed by atoms with Crippen molar-refractivity contribution in [1.82, 2.24) is 4.90 Å². The maximum Gasteiger partial charge on any atom is 0.254 e. The molecular formula is C13H15NO. The van der Waals surface area contributed by atoms with E-state index in [-0.39, 0.29) is 5.91 Å². The molecule has 0 aromatic heterocycles. The lowest BCUT2D eigenvalue weighted by atomic mass is 10.1. The Hall–Kier alpha value is -1.57. The van der Waals surface area contributed by atoms with Crippen LogP contribution in [-0.4, -0.2) is 17.4 Å². The molecule has 1 aliphatic rings. The molecule has 2 rings (SSSR count). The third kappa shape index (κ3) is 1.67. The highest BCUT2D eigenvalue weighted by Crippen LogP contribution is 2.25. The maximum absolute atomic E-state index is 12.0. The van der Waals surface area contributed by atoms with E-state index in [0.29, 0.717) is 6.54 Å². The Bertz CT molecular complexity index is 434. The van der Waals surface area contributed by atoms with Crippen LogP contribution in [0.25, 0.3) is 0 Å². The normalized spacial score (nSPS) is 14.3. The minimum Gasteiger partial charge on any atom is -0.330 e. The summed E-state index contributed by atoms with van der Waals surface area (Å²) < 4.78 is 0. The second kappa shape index (κ2) is 3.54. The summed E-state index contributed by atoms with van der Waals surface area (Å²) >= 11 is 0. The van der Waals surface area contributed by atoms with E-state index in [1.54, 1.807) is 0 Å². The van der Waals surface area contributed by atoms with Crippen LogP contribution in [0.4, 0.5) is 0 Å². The average molecular weight is 201 g/mol. The molecule has 1 aliphatic heterocycles. The fourth-order valence-electron chi connectivity index (χ4n) is 2.00. The van der Waals surface area contributed by atoms with Gasteiger partial charge in [-0.25, -0.2) is 0 Å². The molecule has 2 nitrogen and oxygen atoms in total. The van der Waals surface area contributed by atoms with Gasteiger partial charge in [0.2, 0.25) is 0 Å². The lowest BCUT2D eigenvalue weighted by Crippen LogP contribution is -2.25. The highest BCUT2D eigenvalue weighted by atomic mass is 16.2. The quantitative estimate of drug-likeness (QED) is 0.673. The molecule has 1 aromatic rings. The zero-order valence-electron chi connectivity index (χ0n) is 9.21. The fraction of sp³-hybridized carbons (Fsp3) is 0.308. The number of amides is 1. The van der Waals surface area contributed by atoms with Crippen LogP contribution in [0.5, 0.6) is 0 Å². The van der Waals surface area contributed by atoms with Gasteiger partial charge in [-0.05, 0) is 31.0 Å². The van der Waals surface area contributed by atoms with Gasteiger partial charge in [-0.3, -0.25) is 4.79 Å². The summed E-state index contributed by atoms with van der Waals surface area (Å²) in [5, 5.41) is 0. The highest BCUT2D eigenvalue weighted by molar-refractivity contribution is 5.98. The van der Waals surface area contributed by atoms with Crippen LogP contribution >= 0.6 is 0 Å². The molecule has 0 saturated carbocycles.